The van der Waals surface area contributed by atoms with E-state index < -0.39 is 10.0 Å². The maximum absolute atomic E-state index is 12.6. The molecule has 0 fully saturated rings. The largest absolute Gasteiger partial charge is 0.497 e. The average molecular weight is 417 g/mol. The summed E-state index contributed by atoms with van der Waals surface area (Å²) in [6.07, 6.45) is 0. The first-order valence-electron chi connectivity index (χ1n) is 8.44. The summed E-state index contributed by atoms with van der Waals surface area (Å²) in [7, 11) is -0.289. The second kappa shape index (κ2) is 8.45. The number of thiophene rings is 1. The molecule has 28 heavy (non-hydrogen) atoms. The summed E-state index contributed by atoms with van der Waals surface area (Å²) in [5.41, 5.74) is 1.83. The molecule has 0 aliphatic carbocycles. The second-order valence-corrected chi connectivity index (χ2v) is 8.98. The van der Waals surface area contributed by atoms with Gasteiger partial charge in [0.2, 0.25) is 0 Å². The molecule has 1 heterocycles. The van der Waals surface area contributed by atoms with Gasteiger partial charge in [0, 0.05) is 24.8 Å². The first-order chi connectivity index (χ1) is 13.4. The minimum atomic E-state index is -3.61. The van der Waals surface area contributed by atoms with E-state index in [1.807, 2.05) is 24.3 Å². The number of sulfonamides is 1. The molecule has 146 valence electrons. The predicted octanol–water partition coefficient (Wildman–Crippen LogP) is 3.83. The zero-order chi connectivity index (χ0) is 20.1. The van der Waals surface area contributed by atoms with Gasteiger partial charge in [0.1, 0.15) is 9.96 Å². The van der Waals surface area contributed by atoms with Crippen LogP contribution in [0.4, 0.5) is 5.69 Å². The fraction of sp³-hybridized carbons (Fsp3) is 0.150. The van der Waals surface area contributed by atoms with E-state index in [0.717, 1.165) is 22.6 Å². The molecule has 0 bridgehead atoms. The highest BCUT2D eigenvalue weighted by atomic mass is 32.2. The van der Waals surface area contributed by atoms with Crippen molar-refractivity contribution >= 4 is 33.0 Å². The molecule has 1 N–H and O–H groups in total. The smallest absolute Gasteiger partial charge is 0.271 e. The average Bonchev–Trinajstić information content (AvgIpc) is 3.24. The number of hydrogen-bond acceptors (Lipinski definition) is 5. The summed E-state index contributed by atoms with van der Waals surface area (Å²) in [5, 5.41) is 1.70. The van der Waals surface area contributed by atoms with Gasteiger partial charge in [0.25, 0.3) is 15.9 Å². The van der Waals surface area contributed by atoms with E-state index in [4.69, 9.17) is 4.74 Å². The quantitative estimate of drug-likeness (QED) is 0.635. The lowest BCUT2D eigenvalue weighted by Gasteiger charge is -2.18. The van der Waals surface area contributed by atoms with Crippen molar-refractivity contribution in [2.24, 2.45) is 0 Å². The third-order valence-electron chi connectivity index (χ3n) is 4.04. The van der Waals surface area contributed by atoms with Crippen LogP contribution in [0.5, 0.6) is 5.75 Å². The summed E-state index contributed by atoms with van der Waals surface area (Å²) in [6.45, 7) is 0.433. The Morgan fingerprint density at radius 2 is 1.86 bits per heavy atom. The third kappa shape index (κ3) is 4.71. The minimum absolute atomic E-state index is 0.157. The summed E-state index contributed by atoms with van der Waals surface area (Å²) in [4.78, 5) is 14.2. The molecule has 1 aromatic heterocycles. The van der Waals surface area contributed by atoms with Crippen molar-refractivity contribution in [2.75, 3.05) is 18.9 Å². The molecule has 2 aromatic carbocycles. The zero-order valence-corrected chi connectivity index (χ0v) is 17.1. The van der Waals surface area contributed by atoms with Crippen LogP contribution < -0.4 is 9.46 Å². The minimum Gasteiger partial charge on any atom is -0.497 e. The van der Waals surface area contributed by atoms with Gasteiger partial charge in [-0.2, -0.15) is 0 Å². The number of anilines is 1. The lowest BCUT2D eigenvalue weighted by Crippen LogP contribution is -2.26. The van der Waals surface area contributed by atoms with Crippen molar-refractivity contribution in [3.63, 3.8) is 0 Å². The van der Waals surface area contributed by atoms with Crippen LogP contribution >= 0.6 is 11.3 Å². The van der Waals surface area contributed by atoms with E-state index in [2.05, 4.69) is 4.72 Å². The van der Waals surface area contributed by atoms with Crippen LogP contribution in [0.25, 0.3) is 0 Å². The Morgan fingerprint density at radius 1 is 1.11 bits per heavy atom. The summed E-state index contributed by atoms with van der Waals surface area (Å²) in [5.74, 6) is 0.580. The molecule has 3 rings (SSSR count). The van der Waals surface area contributed by atoms with E-state index in [-0.39, 0.29) is 10.1 Å². The van der Waals surface area contributed by atoms with Crippen LogP contribution in [0.15, 0.2) is 70.3 Å². The molecule has 3 aromatic rings. The topological polar surface area (TPSA) is 75.7 Å². The molecule has 0 saturated carbocycles. The molecule has 0 unspecified atom stereocenters. The highest BCUT2D eigenvalue weighted by Crippen LogP contribution is 2.21. The number of hydrogen-bond donors (Lipinski definition) is 1. The second-order valence-electron chi connectivity index (χ2n) is 6.13. The predicted molar refractivity (Wildman–Crippen MR) is 110 cm³/mol. The number of carbonyl (C=O) groups excluding carboxylic acids is 1. The van der Waals surface area contributed by atoms with Crippen LogP contribution in [-0.2, 0) is 16.6 Å². The van der Waals surface area contributed by atoms with Gasteiger partial charge in [-0.1, -0.05) is 18.2 Å². The van der Waals surface area contributed by atoms with Crippen LogP contribution in [0, 0.1) is 0 Å². The van der Waals surface area contributed by atoms with E-state index >= 15 is 0 Å². The van der Waals surface area contributed by atoms with Gasteiger partial charge >= 0.3 is 0 Å². The highest BCUT2D eigenvalue weighted by Gasteiger charge is 2.16. The number of methoxy groups -OCH3 is 1. The van der Waals surface area contributed by atoms with Gasteiger partial charge in [-0.15, -0.1) is 11.3 Å². The Bertz CT molecular complexity index is 1050. The molecule has 0 saturated heterocycles. The SMILES string of the molecule is COc1cccc(CN(C)C(=O)c2ccc(NS(=O)(=O)c3cccs3)cc2)c1. The van der Waals surface area contributed by atoms with E-state index in [9.17, 15) is 13.2 Å². The van der Waals surface area contributed by atoms with Crippen molar-refractivity contribution in [3.8, 4) is 5.75 Å². The molecule has 0 atom stereocenters. The number of amides is 1. The van der Waals surface area contributed by atoms with Crippen molar-refractivity contribution in [2.45, 2.75) is 10.8 Å². The summed E-state index contributed by atoms with van der Waals surface area (Å²) >= 11 is 1.14. The fourth-order valence-electron chi connectivity index (χ4n) is 2.64. The van der Waals surface area contributed by atoms with Crippen molar-refractivity contribution in [1.29, 1.82) is 0 Å². The normalized spacial score (nSPS) is 11.1. The highest BCUT2D eigenvalue weighted by molar-refractivity contribution is 7.94. The van der Waals surface area contributed by atoms with Gasteiger partial charge in [0.15, 0.2) is 0 Å². The lowest BCUT2D eigenvalue weighted by molar-refractivity contribution is 0.0785. The van der Waals surface area contributed by atoms with Gasteiger partial charge in [-0.05, 0) is 53.4 Å². The monoisotopic (exact) mass is 416 g/mol. The first-order valence-corrected chi connectivity index (χ1v) is 10.8. The number of nitrogens with zero attached hydrogens (tertiary/aromatic N) is 1. The van der Waals surface area contributed by atoms with Crippen molar-refractivity contribution in [1.82, 2.24) is 4.90 Å². The zero-order valence-electron chi connectivity index (χ0n) is 15.5. The Labute approximate surface area is 168 Å². The van der Waals surface area contributed by atoms with Crippen molar-refractivity contribution in [3.05, 3.63) is 77.2 Å². The van der Waals surface area contributed by atoms with Crippen molar-refractivity contribution < 1.29 is 17.9 Å². The Hall–Kier alpha value is -2.84. The molecule has 0 radical (unpaired) electrons. The molecule has 1 amide bonds. The van der Waals surface area contributed by atoms with Crippen LogP contribution in [-0.4, -0.2) is 33.4 Å². The maximum atomic E-state index is 12.6. The number of nitrogens with one attached hydrogen (secondary N) is 1. The summed E-state index contributed by atoms with van der Waals surface area (Å²) in [6, 6.07) is 17.1. The number of benzene rings is 2. The molecule has 0 spiro atoms. The summed E-state index contributed by atoms with van der Waals surface area (Å²) < 4.78 is 32.5. The third-order valence-corrected chi connectivity index (χ3v) is 6.82. The molecule has 8 heteroatoms. The van der Waals surface area contributed by atoms with Gasteiger partial charge < -0.3 is 9.64 Å². The van der Waals surface area contributed by atoms with Gasteiger partial charge in [0.05, 0.1) is 7.11 Å². The Kier molecular flexibility index (Phi) is 6.01. The Balaban J connectivity index is 1.67. The number of rotatable bonds is 7. The van der Waals surface area contributed by atoms with E-state index in [1.165, 1.54) is 0 Å². The van der Waals surface area contributed by atoms with E-state index in [0.29, 0.717) is 17.8 Å². The van der Waals surface area contributed by atoms with E-state index in [1.54, 1.807) is 60.8 Å². The fourth-order valence-corrected chi connectivity index (χ4v) is 4.69. The van der Waals surface area contributed by atoms with Crippen LogP contribution in [0.2, 0.25) is 0 Å². The standard InChI is InChI=1S/C20H20N2O4S2/c1-22(14-15-5-3-6-18(13-15)26-2)20(23)16-8-10-17(11-9-16)21-28(24,25)19-7-4-12-27-19/h3-13,21H,14H2,1-2H3. The molecule has 0 aliphatic rings. The maximum Gasteiger partial charge on any atom is 0.271 e. The van der Waals surface area contributed by atoms with Gasteiger partial charge in [-0.25, -0.2) is 8.42 Å². The van der Waals surface area contributed by atoms with Crippen LogP contribution in [0.3, 0.4) is 0 Å². The molecule has 6 nitrogen and oxygen atoms in total. The van der Waals surface area contributed by atoms with Crippen LogP contribution in [0.1, 0.15) is 15.9 Å². The number of carbonyl (C=O) groups is 1. The first kappa shape index (κ1) is 19.9. The molecular formula is C20H20N2O4S2. The molecular weight excluding hydrogens is 396 g/mol. The number of ether oxygens (including phenoxy) is 1. The van der Waals surface area contributed by atoms with Gasteiger partial charge in [-0.3, -0.25) is 9.52 Å². The lowest BCUT2D eigenvalue weighted by atomic mass is 10.1. The Morgan fingerprint density at radius 3 is 2.50 bits per heavy atom. The molecule has 0 aliphatic heterocycles.